The maximum atomic E-state index is 9.58. The summed E-state index contributed by atoms with van der Waals surface area (Å²) in [6.45, 7) is 4.27. The first-order valence-corrected chi connectivity index (χ1v) is 5.28. The van der Waals surface area contributed by atoms with Gasteiger partial charge in [0.1, 0.15) is 11.5 Å². The second kappa shape index (κ2) is 5.03. The summed E-state index contributed by atoms with van der Waals surface area (Å²) in [6, 6.07) is 4.24. The highest BCUT2D eigenvalue weighted by molar-refractivity contribution is 5.40. The zero-order chi connectivity index (χ0) is 11.4. The highest BCUT2D eigenvalue weighted by Gasteiger charge is 2.12. The van der Waals surface area contributed by atoms with Crippen molar-refractivity contribution in [2.75, 3.05) is 0 Å². The Labute approximate surface area is 90.5 Å². The molecule has 1 atom stereocenters. The monoisotopic (exact) mass is 209 g/mol. The van der Waals surface area contributed by atoms with Crippen molar-refractivity contribution in [2.45, 2.75) is 32.7 Å². The lowest BCUT2D eigenvalue weighted by atomic mass is 9.97. The Bertz CT molecular complexity index is 323. The fourth-order valence-corrected chi connectivity index (χ4v) is 1.51. The van der Waals surface area contributed by atoms with E-state index >= 15 is 0 Å². The highest BCUT2D eigenvalue weighted by Crippen LogP contribution is 2.29. The Kier molecular flexibility index (Phi) is 3.97. The van der Waals surface area contributed by atoms with Crippen molar-refractivity contribution >= 4 is 0 Å². The van der Waals surface area contributed by atoms with Gasteiger partial charge in [-0.05, 0) is 37.0 Å². The summed E-state index contributed by atoms with van der Waals surface area (Å²) in [4.78, 5) is 0. The number of nitrogens with two attached hydrogens (primary N) is 1. The van der Waals surface area contributed by atoms with Gasteiger partial charge in [0.15, 0.2) is 0 Å². The lowest BCUT2D eigenvalue weighted by Gasteiger charge is -2.15. The topological polar surface area (TPSA) is 66.5 Å². The molecule has 0 radical (unpaired) electrons. The smallest absolute Gasteiger partial charge is 0.120 e. The molecule has 0 fully saturated rings. The van der Waals surface area contributed by atoms with Crippen LogP contribution in [0.15, 0.2) is 18.2 Å². The van der Waals surface area contributed by atoms with E-state index in [1.165, 1.54) is 18.2 Å². The van der Waals surface area contributed by atoms with Crippen LogP contribution in [0.3, 0.4) is 0 Å². The van der Waals surface area contributed by atoms with E-state index in [0.29, 0.717) is 11.5 Å². The summed E-state index contributed by atoms with van der Waals surface area (Å²) in [5, 5.41) is 18.9. The molecule has 0 aliphatic heterocycles. The van der Waals surface area contributed by atoms with Crippen LogP contribution in [0.4, 0.5) is 0 Å². The van der Waals surface area contributed by atoms with E-state index in [0.717, 1.165) is 12.8 Å². The van der Waals surface area contributed by atoms with Crippen LogP contribution in [0.2, 0.25) is 0 Å². The number of hydrogen-bond donors (Lipinski definition) is 3. The Balaban J connectivity index is 2.72. The van der Waals surface area contributed by atoms with Crippen LogP contribution in [0, 0.1) is 5.92 Å². The summed E-state index contributed by atoms with van der Waals surface area (Å²) in [7, 11) is 0. The fraction of sp³-hybridized carbons (Fsp3) is 0.500. The molecule has 3 heteroatoms. The minimum atomic E-state index is -0.209. The minimum Gasteiger partial charge on any atom is -0.508 e. The second-order valence-electron chi connectivity index (χ2n) is 4.32. The molecule has 15 heavy (non-hydrogen) atoms. The SMILES string of the molecule is CC(C)CC[C@@H](N)c1cc(O)ccc1O. The standard InChI is InChI=1S/C12H19NO2/c1-8(2)3-5-11(13)10-7-9(14)4-6-12(10)15/h4,6-8,11,14-15H,3,5,13H2,1-2H3/t11-/m1/s1. The quantitative estimate of drug-likeness (QED) is 0.667. The molecule has 0 unspecified atom stereocenters. The molecule has 3 nitrogen and oxygen atoms in total. The number of aromatic hydroxyl groups is 2. The lowest BCUT2D eigenvalue weighted by molar-refractivity contribution is 0.438. The van der Waals surface area contributed by atoms with Crippen LogP contribution >= 0.6 is 0 Å². The molecule has 84 valence electrons. The van der Waals surface area contributed by atoms with Gasteiger partial charge in [0.2, 0.25) is 0 Å². The number of hydrogen-bond acceptors (Lipinski definition) is 3. The van der Waals surface area contributed by atoms with Crippen molar-refractivity contribution in [1.82, 2.24) is 0 Å². The average molecular weight is 209 g/mol. The third-order valence-electron chi connectivity index (χ3n) is 2.47. The number of phenolic OH excluding ortho intramolecular Hbond substituents is 2. The van der Waals surface area contributed by atoms with Crippen molar-refractivity contribution in [3.8, 4) is 11.5 Å². The van der Waals surface area contributed by atoms with Crippen molar-refractivity contribution in [3.63, 3.8) is 0 Å². The molecule has 0 saturated carbocycles. The van der Waals surface area contributed by atoms with Gasteiger partial charge in [-0.15, -0.1) is 0 Å². The normalized spacial score (nSPS) is 13.1. The van der Waals surface area contributed by atoms with Crippen LogP contribution in [0.5, 0.6) is 11.5 Å². The minimum absolute atomic E-state index is 0.141. The molecule has 0 heterocycles. The van der Waals surface area contributed by atoms with Gasteiger partial charge in [-0.1, -0.05) is 13.8 Å². The van der Waals surface area contributed by atoms with Crippen molar-refractivity contribution < 1.29 is 10.2 Å². The van der Waals surface area contributed by atoms with Gasteiger partial charge in [0.05, 0.1) is 0 Å². The maximum absolute atomic E-state index is 9.58. The van der Waals surface area contributed by atoms with Gasteiger partial charge in [-0.25, -0.2) is 0 Å². The van der Waals surface area contributed by atoms with Gasteiger partial charge in [0.25, 0.3) is 0 Å². The Morgan fingerprint density at radius 1 is 1.20 bits per heavy atom. The van der Waals surface area contributed by atoms with Gasteiger partial charge in [0, 0.05) is 11.6 Å². The van der Waals surface area contributed by atoms with Crippen LogP contribution < -0.4 is 5.73 Å². The molecule has 0 bridgehead atoms. The molecule has 0 saturated heterocycles. The second-order valence-corrected chi connectivity index (χ2v) is 4.32. The molecule has 0 spiro atoms. The van der Waals surface area contributed by atoms with E-state index in [1.807, 2.05) is 0 Å². The number of rotatable bonds is 4. The molecule has 0 amide bonds. The highest BCUT2D eigenvalue weighted by atomic mass is 16.3. The summed E-state index contributed by atoms with van der Waals surface area (Å²) < 4.78 is 0. The van der Waals surface area contributed by atoms with Crippen LogP contribution in [0.1, 0.15) is 38.3 Å². The van der Waals surface area contributed by atoms with Gasteiger partial charge in [-0.3, -0.25) is 0 Å². The van der Waals surface area contributed by atoms with Gasteiger partial charge >= 0.3 is 0 Å². The van der Waals surface area contributed by atoms with E-state index in [-0.39, 0.29) is 17.5 Å². The molecular formula is C12H19NO2. The summed E-state index contributed by atoms with van der Waals surface area (Å²) >= 11 is 0. The van der Waals surface area contributed by atoms with E-state index < -0.39 is 0 Å². The van der Waals surface area contributed by atoms with E-state index in [9.17, 15) is 10.2 Å². The summed E-state index contributed by atoms with van der Waals surface area (Å²) in [5.74, 6) is 0.891. The van der Waals surface area contributed by atoms with Gasteiger partial charge < -0.3 is 15.9 Å². The van der Waals surface area contributed by atoms with Crippen LogP contribution in [-0.4, -0.2) is 10.2 Å². The molecule has 0 aliphatic carbocycles. The zero-order valence-corrected chi connectivity index (χ0v) is 9.27. The van der Waals surface area contributed by atoms with E-state index in [1.54, 1.807) is 0 Å². The molecule has 1 aromatic rings. The summed E-state index contributed by atoms with van der Waals surface area (Å²) in [5.41, 5.74) is 6.56. The Morgan fingerprint density at radius 2 is 1.87 bits per heavy atom. The molecule has 1 aromatic carbocycles. The molecule has 0 aliphatic rings. The van der Waals surface area contributed by atoms with Crippen LogP contribution in [0.25, 0.3) is 0 Å². The first kappa shape index (κ1) is 11.9. The maximum Gasteiger partial charge on any atom is 0.120 e. The van der Waals surface area contributed by atoms with Crippen LogP contribution in [-0.2, 0) is 0 Å². The average Bonchev–Trinajstić information content (AvgIpc) is 2.18. The Hall–Kier alpha value is -1.22. The fourth-order valence-electron chi connectivity index (χ4n) is 1.51. The predicted molar refractivity (Wildman–Crippen MR) is 60.8 cm³/mol. The lowest BCUT2D eigenvalue weighted by Crippen LogP contribution is -2.11. The zero-order valence-electron chi connectivity index (χ0n) is 9.27. The van der Waals surface area contributed by atoms with E-state index in [2.05, 4.69) is 13.8 Å². The first-order valence-electron chi connectivity index (χ1n) is 5.28. The molecule has 1 rings (SSSR count). The third kappa shape index (κ3) is 3.44. The first-order chi connectivity index (χ1) is 7.00. The molecule has 4 N–H and O–H groups in total. The van der Waals surface area contributed by atoms with Crippen molar-refractivity contribution in [2.24, 2.45) is 11.7 Å². The largest absolute Gasteiger partial charge is 0.508 e. The Morgan fingerprint density at radius 3 is 2.47 bits per heavy atom. The predicted octanol–water partition coefficient (Wildman–Crippen LogP) is 2.53. The third-order valence-corrected chi connectivity index (χ3v) is 2.47. The number of phenols is 2. The van der Waals surface area contributed by atoms with Crippen molar-refractivity contribution in [1.29, 1.82) is 0 Å². The van der Waals surface area contributed by atoms with Gasteiger partial charge in [-0.2, -0.15) is 0 Å². The molecule has 0 aromatic heterocycles. The summed E-state index contributed by atoms with van der Waals surface area (Å²) in [6.07, 6.45) is 1.82. The van der Waals surface area contributed by atoms with Crippen molar-refractivity contribution in [3.05, 3.63) is 23.8 Å². The number of benzene rings is 1. The van der Waals surface area contributed by atoms with E-state index in [4.69, 9.17) is 5.73 Å². The molecular weight excluding hydrogens is 190 g/mol.